The van der Waals surface area contributed by atoms with E-state index in [1.54, 1.807) is 32.4 Å². The van der Waals surface area contributed by atoms with Crippen molar-refractivity contribution in [2.45, 2.75) is 5.16 Å². The Kier molecular flexibility index (Phi) is 6.96. The number of aromatic nitrogens is 4. The molecule has 2 heterocycles. The summed E-state index contributed by atoms with van der Waals surface area (Å²) in [5, 5.41) is 24.0. The summed E-state index contributed by atoms with van der Waals surface area (Å²) in [6, 6.07) is 19.0. The lowest BCUT2D eigenvalue weighted by molar-refractivity contribution is -0.384. The zero-order valence-corrected chi connectivity index (χ0v) is 21.2. The molecule has 12 heteroatoms. The molecule has 2 N–H and O–H groups in total. The lowest BCUT2D eigenvalue weighted by atomic mass is 10.1. The molecule has 38 heavy (non-hydrogen) atoms. The summed E-state index contributed by atoms with van der Waals surface area (Å²) in [6.07, 6.45) is 1.86. The van der Waals surface area contributed by atoms with Gasteiger partial charge in [-0.15, -0.1) is 10.2 Å². The Bertz CT molecular complexity index is 1650. The molecule has 0 aliphatic carbocycles. The highest BCUT2D eigenvalue weighted by Crippen LogP contribution is 2.37. The molecule has 0 fully saturated rings. The van der Waals surface area contributed by atoms with Crippen LogP contribution in [0.2, 0.25) is 0 Å². The molecule has 192 valence electrons. The number of carbonyl (C=O) groups is 1. The molecule has 1 amide bonds. The molecule has 11 nitrogen and oxygen atoms in total. The number of amides is 1. The average Bonchev–Trinajstić information content (AvgIpc) is 3.55. The van der Waals surface area contributed by atoms with E-state index in [0.29, 0.717) is 33.9 Å². The predicted octanol–water partition coefficient (Wildman–Crippen LogP) is 5.07. The Morgan fingerprint density at radius 2 is 1.92 bits per heavy atom. The fraction of sp³-hybridized carbons (Fsp3) is 0.115. The van der Waals surface area contributed by atoms with Crippen LogP contribution in [0.5, 0.6) is 11.5 Å². The first-order valence-electron chi connectivity index (χ1n) is 11.4. The van der Waals surface area contributed by atoms with Crippen LogP contribution in [0.25, 0.3) is 28.0 Å². The predicted molar refractivity (Wildman–Crippen MR) is 144 cm³/mol. The van der Waals surface area contributed by atoms with Crippen molar-refractivity contribution in [1.29, 1.82) is 0 Å². The van der Waals surface area contributed by atoms with Gasteiger partial charge in [0.2, 0.25) is 5.91 Å². The Labute approximate surface area is 220 Å². The molecular weight excluding hydrogens is 508 g/mol. The number of nitrogens with zero attached hydrogens (tertiary/aromatic N) is 4. The second-order valence-corrected chi connectivity index (χ2v) is 9.01. The zero-order chi connectivity index (χ0) is 26.6. The molecule has 0 aliphatic rings. The number of fused-ring (bicyclic) bond motifs is 1. The van der Waals surface area contributed by atoms with E-state index in [9.17, 15) is 14.9 Å². The van der Waals surface area contributed by atoms with E-state index >= 15 is 0 Å². The number of methoxy groups -OCH3 is 2. The third-order valence-corrected chi connectivity index (χ3v) is 6.69. The fourth-order valence-corrected chi connectivity index (χ4v) is 4.75. The van der Waals surface area contributed by atoms with Crippen molar-refractivity contribution in [1.82, 2.24) is 19.7 Å². The summed E-state index contributed by atoms with van der Waals surface area (Å²) in [5.74, 6) is 1.36. The second kappa shape index (κ2) is 10.6. The Morgan fingerprint density at radius 3 is 2.71 bits per heavy atom. The van der Waals surface area contributed by atoms with Gasteiger partial charge in [-0.1, -0.05) is 36.0 Å². The number of nitrogens with one attached hydrogen (secondary N) is 2. The number of hydrogen-bond acceptors (Lipinski definition) is 8. The van der Waals surface area contributed by atoms with E-state index in [1.165, 1.54) is 30.0 Å². The van der Waals surface area contributed by atoms with E-state index in [4.69, 9.17) is 9.47 Å². The van der Waals surface area contributed by atoms with Crippen LogP contribution in [-0.4, -0.2) is 50.6 Å². The molecule has 5 aromatic rings. The normalized spacial score (nSPS) is 10.9. The van der Waals surface area contributed by atoms with Crippen LogP contribution in [0, 0.1) is 10.1 Å². The highest BCUT2D eigenvalue weighted by atomic mass is 32.2. The number of nitro groups is 1. The van der Waals surface area contributed by atoms with Crippen LogP contribution >= 0.6 is 11.8 Å². The number of ether oxygens (including phenoxy) is 2. The monoisotopic (exact) mass is 530 g/mol. The van der Waals surface area contributed by atoms with E-state index in [-0.39, 0.29) is 17.3 Å². The molecule has 0 aliphatic heterocycles. The van der Waals surface area contributed by atoms with Gasteiger partial charge in [0.05, 0.1) is 30.6 Å². The number of H-pyrrole nitrogens is 1. The average molecular weight is 531 g/mol. The summed E-state index contributed by atoms with van der Waals surface area (Å²) >= 11 is 1.17. The number of para-hydroxylation sites is 1. The Morgan fingerprint density at radius 1 is 1.08 bits per heavy atom. The minimum Gasteiger partial charge on any atom is -0.497 e. The number of hydrogen-bond donors (Lipinski definition) is 2. The lowest BCUT2D eigenvalue weighted by Gasteiger charge is -2.15. The summed E-state index contributed by atoms with van der Waals surface area (Å²) in [6.45, 7) is 0. The molecule has 5 rings (SSSR count). The van der Waals surface area contributed by atoms with Crippen molar-refractivity contribution in [2.24, 2.45) is 0 Å². The Hall–Kier alpha value is -4.84. The van der Waals surface area contributed by atoms with Gasteiger partial charge in [0.1, 0.15) is 11.5 Å². The van der Waals surface area contributed by atoms with Crippen molar-refractivity contribution < 1.29 is 19.2 Å². The van der Waals surface area contributed by atoms with E-state index in [2.05, 4.69) is 20.5 Å². The van der Waals surface area contributed by atoms with Gasteiger partial charge >= 0.3 is 0 Å². The van der Waals surface area contributed by atoms with Crippen molar-refractivity contribution in [3.05, 3.63) is 83.0 Å². The van der Waals surface area contributed by atoms with Gasteiger partial charge in [0, 0.05) is 46.5 Å². The van der Waals surface area contributed by atoms with Gasteiger partial charge < -0.3 is 19.8 Å². The summed E-state index contributed by atoms with van der Waals surface area (Å²) < 4.78 is 12.9. The number of carbonyl (C=O) groups excluding carboxylic acids is 1. The molecule has 0 radical (unpaired) electrons. The third-order valence-electron chi connectivity index (χ3n) is 5.76. The number of benzene rings is 3. The molecule has 0 unspecified atom stereocenters. The molecule has 0 spiro atoms. The SMILES string of the molecule is COc1ccc(OC)c(-n2c(SCC(=O)Nc3cccc([N+](=O)[O-])c3)nnc2-c2c[nH]c3ccccc23)c1. The number of non-ortho nitro benzene ring substituents is 1. The standard InChI is InChI=1S/C26H22N6O5S/c1-36-18-10-11-23(37-2)22(13-18)31-25(20-14-27-21-9-4-3-8-19(20)21)29-30-26(31)38-15-24(33)28-16-6-5-7-17(12-16)32(34)35/h3-14,27H,15H2,1-2H3,(H,28,33). The number of nitro benzene ring substituents is 1. The number of rotatable bonds is 9. The number of aromatic amines is 1. The highest BCUT2D eigenvalue weighted by molar-refractivity contribution is 7.99. The number of thioether (sulfide) groups is 1. The number of anilines is 1. The molecule has 0 bridgehead atoms. The van der Waals surface area contributed by atoms with E-state index in [0.717, 1.165) is 16.5 Å². The largest absolute Gasteiger partial charge is 0.497 e. The van der Waals surface area contributed by atoms with Gasteiger partial charge in [0.15, 0.2) is 11.0 Å². The van der Waals surface area contributed by atoms with Crippen LogP contribution in [-0.2, 0) is 4.79 Å². The molecule has 0 atom stereocenters. The smallest absolute Gasteiger partial charge is 0.271 e. The maximum Gasteiger partial charge on any atom is 0.271 e. The van der Waals surface area contributed by atoms with Gasteiger partial charge in [0.25, 0.3) is 5.69 Å². The van der Waals surface area contributed by atoms with Crippen molar-refractivity contribution >= 4 is 39.9 Å². The second-order valence-electron chi connectivity index (χ2n) is 8.07. The van der Waals surface area contributed by atoms with Crippen molar-refractivity contribution in [2.75, 3.05) is 25.3 Å². The maximum absolute atomic E-state index is 12.7. The van der Waals surface area contributed by atoms with Gasteiger partial charge in [-0.05, 0) is 24.3 Å². The zero-order valence-electron chi connectivity index (χ0n) is 20.4. The van der Waals surface area contributed by atoms with Crippen LogP contribution in [0.4, 0.5) is 11.4 Å². The van der Waals surface area contributed by atoms with Crippen molar-refractivity contribution in [3.63, 3.8) is 0 Å². The summed E-state index contributed by atoms with van der Waals surface area (Å²) in [5.41, 5.74) is 2.63. The topological polar surface area (TPSA) is 137 Å². The first-order chi connectivity index (χ1) is 18.5. The first-order valence-corrected chi connectivity index (χ1v) is 12.4. The van der Waals surface area contributed by atoms with E-state index in [1.807, 2.05) is 41.1 Å². The van der Waals surface area contributed by atoms with Crippen LogP contribution in [0.15, 0.2) is 78.1 Å². The van der Waals surface area contributed by atoms with Crippen molar-refractivity contribution in [3.8, 4) is 28.6 Å². The maximum atomic E-state index is 12.7. The highest BCUT2D eigenvalue weighted by Gasteiger charge is 2.22. The Balaban J connectivity index is 1.51. The first kappa shape index (κ1) is 24.8. The minimum atomic E-state index is -0.513. The molecule has 0 saturated carbocycles. The minimum absolute atomic E-state index is 0.0129. The quantitative estimate of drug-likeness (QED) is 0.153. The van der Waals surface area contributed by atoms with Crippen LogP contribution in [0.3, 0.4) is 0 Å². The molecule has 2 aromatic heterocycles. The van der Waals surface area contributed by atoms with Crippen LogP contribution in [0.1, 0.15) is 0 Å². The van der Waals surface area contributed by atoms with Gasteiger partial charge in [-0.3, -0.25) is 19.5 Å². The molecule has 0 saturated heterocycles. The lowest BCUT2D eigenvalue weighted by Crippen LogP contribution is -2.14. The summed E-state index contributed by atoms with van der Waals surface area (Å²) in [4.78, 5) is 26.5. The molecular formula is C26H22N6O5S. The van der Waals surface area contributed by atoms with Gasteiger partial charge in [-0.2, -0.15) is 0 Å². The third kappa shape index (κ3) is 4.89. The summed E-state index contributed by atoms with van der Waals surface area (Å²) in [7, 11) is 3.15. The molecule has 3 aromatic carbocycles. The fourth-order valence-electron chi connectivity index (χ4n) is 4.01. The van der Waals surface area contributed by atoms with E-state index < -0.39 is 4.92 Å². The van der Waals surface area contributed by atoms with Crippen LogP contribution < -0.4 is 14.8 Å². The van der Waals surface area contributed by atoms with Gasteiger partial charge in [-0.25, -0.2) is 0 Å².